The van der Waals surface area contributed by atoms with Crippen molar-refractivity contribution in [3.05, 3.63) is 46.9 Å². The molecule has 1 saturated heterocycles. The van der Waals surface area contributed by atoms with E-state index < -0.39 is 41.9 Å². The normalized spacial score (nSPS) is 16.1. The molecule has 0 radical (unpaired) electrons. The number of aromatic nitrogens is 2. The summed E-state index contributed by atoms with van der Waals surface area (Å²) in [5.41, 5.74) is 6.10. The van der Waals surface area contributed by atoms with Crippen molar-refractivity contribution in [2.75, 3.05) is 25.4 Å². The molecule has 1 atom stereocenters. The third-order valence-corrected chi connectivity index (χ3v) is 8.15. The first-order valence-corrected chi connectivity index (χ1v) is 14.0. The average Bonchev–Trinajstić information content (AvgIpc) is 3.51. The fraction of sp³-hybridized carbons (Fsp3) is 0.296. The van der Waals surface area contributed by atoms with Gasteiger partial charge in [0.15, 0.2) is 0 Å². The molecule has 2 aliphatic heterocycles. The summed E-state index contributed by atoms with van der Waals surface area (Å²) >= 11 is 0.874. The first kappa shape index (κ1) is 35.7. The van der Waals surface area contributed by atoms with Crippen LogP contribution in [0.5, 0.6) is 0 Å². The van der Waals surface area contributed by atoms with Crippen molar-refractivity contribution in [3.8, 4) is 17.2 Å². The smallest absolute Gasteiger partial charge is 0.475 e. The Balaban J connectivity index is 0.000000314. The molecule has 256 valence electrons. The quantitative estimate of drug-likeness (QED) is 0.201. The molecule has 48 heavy (non-hydrogen) atoms. The number of carbonyl (C=O) groups is 3. The largest absolute Gasteiger partial charge is 0.490 e. The van der Waals surface area contributed by atoms with Crippen LogP contribution in [0.4, 0.5) is 44.5 Å². The molecule has 2 aliphatic rings. The number of thiophene rings is 1. The number of amides is 1. The van der Waals surface area contributed by atoms with E-state index in [1.54, 1.807) is 4.90 Å². The van der Waals surface area contributed by atoms with Gasteiger partial charge in [-0.1, -0.05) is 6.07 Å². The topological polar surface area (TPSA) is 175 Å². The van der Waals surface area contributed by atoms with Crippen LogP contribution in [0.1, 0.15) is 22.3 Å². The molecule has 2 aromatic heterocycles. The molecular weight excluding hydrogens is 691 g/mol. The Morgan fingerprint density at radius 2 is 1.60 bits per heavy atom. The summed E-state index contributed by atoms with van der Waals surface area (Å²) in [4.78, 5) is 32.9. The Hall–Kier alpha value is -5.10. The van der Waals surface area contributed by atoms with Crippen molar-refractivity contribution in [2.24, 2.45) is 0 Å². The highest BCUT2D eigenvalue weighted by atomic mass is 32.1. The van der Waals surface area contributed by atoms with Crippen LogP contribution in [0, 0.1) is 28.9 Å². The summed E-state index contributed by atoms with van der Waals surface area (Å²) in [6, 6.07) is 5.38. The molecule has 21 heteroatoms. The van der Waals surface area contributed by atoms with Crippen molar-refractivity contribution in [1.29, 1.82) is 5.26 Å². The number of fused-ring (bicyclic) bond motifs is 2. The van der Waals surface area contributed by atoms with Crippen molar-refractivity contribution in [3.63, 3.8) is 0 Å². The number of nitrogens with two attached hydrogens (primary N) is 1. The van der Waals surface area contributed by atoms with Crippen LogP contribution >= 0.6 is 11.3 Å². The Morgan fingerprint density at radius 3 is 2.17 bits per heavy atom. The summed E-state index contributed by atoms with van der Waals surface area (Å²) < 4.78 is 111. The lowest BCUT2D eigenvalue weighted by Gasteiger charge is -2.37. The second-order valence-electron chi connectivity index (χ2n) is 10.0. The fourth-order valence-corrected chi connectivity index (χ4v) is 6.07. The van der Waals surface area contributed by atoms with Gasteiger partial charge in [0.2, 0.25) is 5.95 Å². The maximum absolute atomic E-state index is 15.8. The highest BCUT2D eigenvalue weighted by Gasteiger charge is 2.39. The third-order valence-electron chi connectivity index (χ3n) is 7.12. The second kappa shape index (κ2) is 13.2. The molecule has 0 saturated carbocycles. The molecule has 1 fully saturated rings. The van der Waals surface area contributed by atoms with Crippen molar-refractivity contribution >= 4 is 55.2 Å². The number of hydrogen-bond donors (Lipinski definition) is 4. The van der Waals surface area contributed by atoms with E-state index in [-0.39, 0.29) is 60.2 Å². The number of nitrogen functional groups attached to an aromatic ring is 1. The van der Waals surface area contributed by atoms with E-state index in [1.165, 1.54) is 10.7 Å². The van der Waals surface area contributed by atoms with Crippen LogP contribution in [-0.2, 0) is 16.1 Å². The minimum atomic E-state index is -5.08. The average molecular weight is 711 g/mol. The number of nitrogens with zero attached hydrogens (tertiary/aromatic N) is 4. The van der Waals surface area contributed by atoms with Crippen LogP contribution in [-0.4, -0.2) is 80.8 Å². The number of carbonyl (C=O) groups excluding carboxylic acids is 1. The molecule has 0 aliphatic carbocycles. The van der Waals surface area contributed by atoms with Gasteiger partial charge in [-0.05, 0) is 24.1 Å². The lowest BCUT2D eigenvalue weighted by atomic mass is 9.93. The monoisotopic (exact) mass is 710 g/mol. The van der Waals surface area contributed by atoms with Gasteiger partial charge in [0, 0.05) is 43.2 Å². The number of rotatable bonds is 1. The lowest BCUT2D eigenvalue weighted by Crippen LogP contribution is -2.54. The minimum Gasteiger partial charge on any atom is -0.475 e. The van der Waals surface area contributed by atoms with Crippen LogP contribution in [0.15, 0.2) is 18.2 Å². The van der Waals surface area contributed by atoms with E-state index in [0.717, 1.165) is 23.5 Å². The number of alkyl halides is 6. The number of halogens is 9. The van der Waals surface area contributed by atoms with Gasteiger partial charge in [0.1, 0.15) is 22.7 Å². The lowest BCUT2D eigenvalue weighted by molar-refractivity contribution is -0.193. The zero-order valence-corrected chi connectivity index (χ0v) is 24.5. The Bertz CT molecular complexity index is 1960. The van der Waals surface area contributed by atoms with Crippen LogP contribution in [0.2, 0.25) is 0 Å². The van der Waals surface area contributed by atoms with Gasteiger partial charge in [-0.15, -0.1) is 16.4 Å². The predicted octanol–water partition coefficient (Wildman–Crippen LogP) is 4.87. The standard InChI is InChI=1S/C23H17F3N6OS.2C2HF3O2/c24-14-2-1-11(16-13(8-27)22(28)34-20(14)16)17-15(25)7-12-19-18(17)21(26)30-32(19)5-3-10-9-29-4-6-31(10)23(12)33;2*3-2(4,5)1(6)7/h1-2,7,10,29H,3-6,9,28H2;2*(H,6,7)/t10-;;/m0../s1. The molecule has 4 heterocycles. The van der Waals surface area contributed by atoms with Gasteiger partial charge in [0.25, 0.3) is 5.91 Å². The van der Waals surface area contributed by atoms with E-state index in [4.69, 9.17) is 25.5 Å². The number of hydrogen-bond acceptors (Lipinski definition) is 8. The van der Waals surface area contributed by atoms with E-state index >= 15 is 8.78 Å². The fourth-order valence-electron chi connectivity index (χ4n) is 5.12. The molecule has 0 bridgehead atoms. The summed E-state index contributed by atoms with van der Waals surface area (Å²) in [7, 11) is 0. The van der Waals surface area contributed by atoms with E-state index in [0.29, 0.717) is 32.6 Å². The number of benzene rings is 2. The highest BCUT2D eigenvalue weighted by Crippen LogP contribution is 2.45. The Kier molecular flexibility index (Phi) is 9.82. The number of carboxylic acid groups (broad SMARTS) is 2. The van der Waals surface area contributed by atoms with Gasteiger partial charge in [-0.25, -0.2) is 18.4 Å². The number of anilines is 1. The van der Waals surface area contributed by atoms with Crippen molar-refractivity contribution < 1.29 is 64.1 Å². The summed E-state index contributed by atoms with van der Waals surface area (Å²) in [6.07, 6.45) is -9.61. The maximum Gasteiger partial charge on any atom is 0.490 e. The van der Waals surface area contributed by atoms with Crippen LogP contribution in [0.3, 0.4) is 0 Å². The van der Waals surface area contributed by atoms with Gasteiger partial charge in [-0.3, -0.25) is 9.48 Å². The Labute approximate surface area is 265 Å². The number of aryl methyl sites for hydroxylation is 1. The minimum absolute atomic E-state index is 0.000206. The zero-order chi connectivity index (χ0) is 35.9. The molecule has 11 nitrogen and oxygen atoms in total. The molecule has 1 amide bonds. The maximum atomic E-state index is 15.8. The predicted molar refractivity (Wildman–Crippen MR) is 149 cm³/mol. The highest BCUT2D eigenvalue weighted by molar-refractivity contribution is 7.23. The number of carboxylic acids is 2. The van der Waals surface area contributed by atoms with Gasteiger partial charge < -0.3 is 26.2 Å². The van der Waals surface area contributed by atoms with Crippen molar-refractivity contribution in [1.82, 2.24) is 20.0 Å². The third kappa shape index (κ3) is 6.79. The summed E-state index contributed by atoms with van der Waals surface area (Å²) in [5.74, 6) is -8.31. The van der Waals surface area contributed by atoms with Crippen LogP contribution < -0.4 is 11.1 Å². The number of nitriles is 1. The summed E-state index contributed by atoms with van der Waals surface area (Å²) in [6.45, 7) is 2.01. The van der Waals surface area contributed by atoms with Crippen molar-refractivity contribution in [2.45, 2.75) is 31.4 Å². The van der Waals surface area contributed by atoms with E-state index in [2.05, 4.69) is 10.4 Å². The first-order chi connectivity index (χ1) is 22.3. The van der Waals surface area contributed by atoms with Gasteiger partial charge in [0.05, 0.1) is 26.7 Å². The zero-order valence-electron chi connectivity index (χ0n) is 23.6. The van der Waals surface area contributed by atoms with Gasteiger partial charge in [-0.2, -0.15) is 36.0 Å². The van der Waals surface area contributed by atoms with Crippen LogP contribution in [0.25, 0.3) is 32.1 Å². The molecule has 2 aromatic carbocycles. The summed E-state index contributed by atoms with van der Waals surface area (Å²) in [5, 5.41) is 31.2. The molecule has 6 rings (SSSR count). The molecule has 5 N–H and O–H groups in total. The van der Waals surface area contributed by atoms with Gasteiger partial charge >= 0.3 is 24.3 Å². The van der Waals surface area contributed by atoms with E-state index in [9.17, 15) is 40.8 Å². The van der Waals surface area contributed by atoms with E-state index in [1.807, 2.05) is 6.07 Å². The SMILES string of the molecule is N#Cc1c(N)sc2c(F)ccc(-c3c(F)cc4c5c3c(F)nn5CC[C@H]3CNCCN3C4=O)c12.O=C(O)C(F)(F)F.O=C(O)C(F)(F)F. The number of aliphatic carboxylic acids is 2. The molecular formula is C27H19F9N6O5S. The number of piperazine rings is 1. The molecule has 4 aromatic rings. The Morgan fingerprint density at radius 1 is 1.00 bits per heavy atom. The second-order valence-corrected chi connectivity index (χ2v) is 11.1. The molecule has 0 unspecified atom stereocenters. The number of nitrogens with one attached hydrogen (secondary N) is 1. The first-order valence-electron chi connectivity index (χ1n) is 13.2. The molecule has 0 spiro atoms.